The monoisotopic (exact) mass is 358 g/mol. The Balaban J connectivity index is 2.35. The second-order valence-corrected chi connectivity index (χ2v) is 5.41. The summed E-state index contributed by atoms with van der Waals surface area (Å²) in [5, 5.41) is 10.6. The third kappa shape index (κ3) is 2.88. The molecular formula is C19H18O7. The Morgan fingerprint density at radius 1 is 0.808 bits per heavy atom. The summed E-state index contributed by atoms with van der Waals surface area (Å²) in [6, 6.07) is 8.03. The van der Waals surface area contributed by atoms with Crippen molar-refractivity contribution >= 4 is 11.0 Å². The maximum atomic E-state index is 12.7. The first-order valence-corrected chi connectivity index (χ1v) is 7.67. The van der Waals surface area contributed by atoms with Gasteiger partial charge in [0.1, 0.15) is 34.0 Å². The molecule has 0 aliphatic rings. The van der Waals surface area contributed by atoms with Crippen molar-refractivity contribution in [2.24, 2.45) is 0 Å². The Bertz CT molecular complexity index is 998. The molecule has 0 unspecified atom stereocenters. The number of aromatic hydroxyl groups is 1. The normalized spacial score (nSPS) is 10.6. The van der Waals surface area contributed by atoms with E-state index in [0.717, 1.165) is 0 Å². The van der Waals surface area contributed by atoms with Gasteiger partial charge in [-0.25, -0.2) is 0 Å². The van der Waals surface area contributed by atoms with Crippen molar-refractivity contribution < 1.29 is 28.5 Å². The van der Waals surface area contributed by atoms with Gasteiger partial charge in [-0.15, -0.1) is 0 Å². The van der Waals surface area contributed by atoms with Gasteiger partial charge in [0.05, 0.1) is 28.4 Å². The summed E-state index contributed by atoms with van der Waals surface area (Å²) >= 11 is 0. The summed E-state index contributed by atoms with van der Waals surface area (Å²) < 4.78 is 26.7. The standard InChI is InChI=1S/C19H18O7/c1-22-11-5-10(6-12(7-11)23-2)19-18(21)17(20)16-14(25-4)8-13(24-3)9-15(16)26-19/h5-9,21H,1-4H3. The van der Waals surface area contributed by atoms with Gasteiger partial charge < -0.3 is 28.5 Å². The van der Waals surface area contributed by atoms with Gasteiger partial charge in [-0.2, -0.15) is 0 Å². The Kier molecular flexibility index (Phi) is 4.62. The Labute approximate surface area is 149 Å². The highest BCUT2D eigenvalue weighted by Gasteiger charge is 2.20. The Hall–Kier alpha value is -3.35. The molecule has 7 heteroatoms. The number of fused-ring (bicyclic) bond motifs is 1. The highest BCUT2D eigenvalue weighted by atomic mass is 16.5. The second kappa shape index (κ2) is 6.87. The van der Waals surface area contributed by atoms with Crippen molar-refractivity contribution in [3.05, 3.63) is 40.6 Å². The van der Waals surface area contributed by atoms with E-state index in [1.165, 1.54) is 28.4 Å². The first kappa shape index (κ1) is 17.5. The third-order valence-corrected chi connectivity index (χ3v) is 3.98. The zero-order valence-corrected chi connectivity index (χ0v) is 14.8. The fourth-order valence-corrected chi connectivity index (χ4v) is 2.66. The van der Waals surface area contributed by atoms with Crippen LogP contribution in [0.2, 0.25) is 0 Å². The molecule has 136 valence electrons. The molecule has 7 nitrogen and oxygen atoms in total. The van der Waals surface area contributed by atoms with Gasteiger partial charge >= 0.3 is 0 Å². The summed E-state index contributed by atoms with van der Waals surface area (Å²) in [6.07, 6.45) is 0. The van der Waals surface area contributed by atoms with E-state index in [-0.39, 0.29) is 22.5 Å². The van der Waals surface area contributed by atoms with Crippen molar-refractivity contribution in [3.63, 3.8) is 0 Å². The molecule has 0 aliphatic carbocycles. The van der Waals surface area contributed by atoms with E-state index in [4.69, 9.17) is 23.4 Å². The van der Waals surface area contributed by atoms with E-state index >= 15 is 0 Å². The molecule has 0 atom stereocenters. The molecule has 3 rings (SSSR count). The SMILES string of the molecule is COc1cc(OC)cc(-c2oc3cc(OC)cc(OC)c3c(=O)c2O)c1. The fraction of sp³-hybridized carbons (Fsp3) is 0.211. The molecule has 1 heterocycles. The van der Waals surface area contributed by atoms with E-state index in [1.54, 1.807) is 30.3 Å². The maximum absolute atomic E-state index is 12.7. The van der Waals surface area contributed by atoms with Gasteiger partial charge in [0, 0.05) is 23.8 Å². The average molecular weight is 358 g/mol. The molecule has 0 fully saturated rings. The zero-order chi connectivity index (χ0) is 18.8. The van der Waals surface area contributed by atoms with Crippen LogP contribution in [-0.2, 0) is 0 Å². The summed E-state index contributed by atoms with van der Waals surface area (Å²) in [4.78, 5) is 12.7. The van der Waals surface area contributed by atoms with Crippen LogP contribution in [0, 0.1) is 0 Å². The predicted octanol–water partition coefficient (Wildman–Crippen LogP) is 3.20. The molecule has 1 N–H and O–H groups in total. The van der Waals surface area contributed by atoms with Gasteiger partial charge in [0.25, 0.3) is 0 Å². The van der Waals surface area contributed by atoms with Crippen LogP contribution in [0.25, 0.3) is 22.3 Å². The number of benzene rings is 2. The van der Waals surface area contributed by atoms with Gasteiger partial charge in [0.15, 0.2) is 5.76 Å². The smallest absolute Gasteiger partial charge is 0.238 e. The number of rotatable bonds is 5. The number of hydrogen-bond acceptors (Lipinski definition) is 7. The van der Waals surface area contributed by atoms with E-state index in [0.29, 0.717) is 22.8 Å². The average Bonchev–Trinajstić information content (AvgIpc) is 2.68. The minimum Gasteiger partial charge on any atom is -0.502 e. The molecule has 2 aromatic carbocycles. The van der Waals surface area contributed by atoms with Crippen LogP contribution < -0.4 is 24.4 Å². The van der Waals surface area contributed by atoms with E-state index < -0.39 is 11.2 Å². The van der Waals surface area contributed by atoms with Crippen molar-refractivity contribution in [2.45, 2.75) is 0 Å². The van der Waals surface area contributed by atoms with Gasteiger partial charge in [0.2, 0.25) is 11.2 Å². The van der Waals surface area contributed by atoms with Crippen LogP contribution in [0.5, 0.6) is 28.7 Å². The minimum atomic E-state index is -0.609. The summed E-state index contributed by atoms with van der Waals surface area (Å²) in [5.41, 5.74) is 0.0443. The molecular weight excluding hydrogens is 340 g/mol. The molecule has 0 radical (unpaired) electrons. The number of ether oxygens (including phenoxy) is 4. The van der Waals surface area contributed by atoms with Crippen LogP contribution >= 0.6 is 0 Å². The second-order valence-electron chi connectivity index (χ2n) is 5.41. The molecule has 0 aliphatic heterocycles. The molecule has 26 heavy (non-hydrogen) atoms. The van der Waals surface area contributed by atoms with Gasteiger partial charge in [-0.3, -0.25) is 4.79 Å². The van der Waals surface area contributed by atoms with E-state index in [2.05, 4.69) is 0 Å². The first-order chi connectivity index (χ1) is 12.5. The lowest BCUT2D eigenvalue weighted by Crippen LogP contribution is -2.05. The Morgan fingerprint density at radius 3 is 1.92 bits per heavy atom. The van der Waals surface area contributed by atoms with Crippen LogP contribution in [0.1, 0.15) is 0 Å². The molecule has 1 aromatic heterocycles. The molecule has 0 spiro atoms. The van der Waals surface area contributed by atoms with Crippen LogP contribution in [0.3, 0.4) is 0 Å². The largest absolute Gasteiger partial charge is 0.502 e. The highest BCUT2D eigenvalue weighted by molar-refractivity contribution is 5.88. The topological polar surface area (TPSA) is 87.4 Å². The quantitative estimate of drug-likeness (QED) is 0.749. The van der Waals surface area contributed by atoms with Crippen molar-refractivity contribution in [1.82, 2.24) is 0 Å². The minimum absolute atomic E-state index is 0.00462. The lowest BCUT2D eigenvalue weighted by molar-refractivity contribution is 0.392. The van der Waals surface area contributed by atoms with E-state index in [9.17, 15) is 9.90 Å². The molecule has 0 amide bonds. The lowest BCUT2D eigenvalue weighted by Gasteiger charge is -2.12. The molecule has 0 bridgehead atoms. The maximum Gasteiger partial charge on any atom is 0.238 e. The highest BCUT2D eigenvalue weighted by Crippen LogP contribution is 2.38. The van der Waals surface area contributed by atoms with Crippen molar-refractivity contribution in [2.75, 3.05) is 28.4 Å². The first-order valence-electron chi connectivity index (χ1n) is 7.67. The lowest BCUT2D eigenvalue weighted by atomic mass is 10.1. The predicted molar refractivity (Wildman–Crippen MR) is 95.8 cm³/mol. The van der Waals surface area contributed by atoms with Crippen LogP contribution in [0.4, 0.5) is 0 Å². The van der Waals surface area contributed by atoms with Crippen LogP contribution in [0.15, 0.2) is 39.5 Å². The van der Waals surface area contributed by atoms with Crippen molar-refractivity contribution in [3.8, 4) is 40.1 Å². The molecule has 0 saturated heterocycles. The van der Waals surface area contributed by atoms with Gasteiger partial charge in [-0.1, -0.05) is 0 Å². The Morgan fingerprint density at radius 2 is 1.38 bits per heavy atom. The zero-order valence-electron chi connectivity index (χ0n) is 14.8. The number of methoxy groups -OCH3 is 4. The molecule has 0 saturated carbocycles. The fourth-order valence-electron chi connectivity index (χ4n) is 2.66. The van der Waals surface area contributed by atoms with Crippen molar-refractivity contribution in [1.29, 1.82) is 0 Å². The van der Waals surface area contributed by atoms with E-state index in [1.807, 2.05) is 0 Å². The van der Waals surface area contributed by atoms with Gasteiger partial charge in [-0.05, 0) is 12.1 Å². The summed E-state index contributed by atoms with van der Waals surface area (Å²) in [6.45, 7) is 0. The summed E-state index contributed by atoms with van der Waals surface area (Å²) in [7, 11) is 5.92. The summed E-state index contributed by atoms with van der Waals surface area (Å²) in [5.74, 6) is 1.15. The number of hydrogen-bond donors (Lipinski definition) is 1. The third-order valence-electron chi connectivity index (χ3n) is 3.98. The molecule has 3 aromatic rings. The van der Waals surface area contributed by atoms with Crippen LogP contribution in [-0.4, -0.2) is 33.5 Å².